The molecule has 0 unspecified atom stereocenters. The number of ether oxygens (including phenoxy) is 1. The van der Waals surface area contributed by atoms with Crippen molar-refractivity contribution in [3.8, 4) is 16.3 Å². The third-order valence-corrected chi connectivity index (χ3v) is 7.36. The smallest absolute Gasteiger partial charge is 0.269 e. The molecule has 1 N–H and O–H groups in total. The Balaban J connectivity index is 1.53. The van der Waals surface area contributed by atoms with Crippen molar-refractivity contribution in [1.29, 1.82) is 0 Å². The molecule has 0 spiro atoms. The lowest BCUT2D eigenvalue weighted by atomic mass is 10.2. The van der Waals surface area contributed by atoms with Crippen molar-refractivity contribution >= 4 is 49.7 Å². The van der Waals surface area contributed by atoms with Gasteiger partial charge in [-0.1, -0.05) is 47.2 Å². The number of hydrogen-bond acceptors (Lipinski definition) is 7. The molecule has 2 heterocycles. The topological polar surface area (TPSA) is 101 Å². The van der Waals surface area contributed by atoms with Crippen LogP contribution in [-0.2, 0) is 14.8 Å². The first-order valence-corrected chi connectivity index (χ1v) is 11.8. The molecule has 4 rings (SSSR count). The van der Waals surface area contributed by atoms with E-state index < -0.39 is 22.0 Å². The summed E-state index contributed by atoms with van der Waals surface area (Å²) >= 11 is 7.10. The maximum atomic E-state index is 12.8. The zero-order valence-corrected chi connectivity index (χ0v) is 18.2. The van der Waals surface area contributed by atoms with E-state index in [4.69, 9.17) is 16.3 Å². The molecular formula is C19H17ClN4O4S2. The van der Waals surface area contributed by atoms with Gasteiger partial charge in [0, 0.05) is 10.6 Å². The Labute approximate surface area is 182 Å². The predicted octanol–water partition coefficient (Wildman–Crippen LogP) is 3.41. The maximum absolute atomic E-state index is 12.8. The molecule has 156 valence electrons. The van der Waals surface area contributed by atoms with E-state index in [2.05, 4.69) is 15.5 Å². The van der Waals surface area contributed by atoms with Crippen LogP contribution in [0.1, 0.15) is 6.92 Å². The van der Waals surface area contributed by atoms with Crippen LogP contribution in [0.3, 0.4) is 0 Å². The second-order valence-electron chi connectivity index (χ2n) is 6.41. The second kappa shape index (κ2) is 8.21. The molecule has 1 amide bonds. The van der Waals surface area contributed by atoms with E-state index in [1.807, 2.05) is 12.1 Å². The summed E-state index contributed by atoms with van der Waals surface area (Å²) in [5.41, 5.74) is 1.24. The summed E-state index contributed by atoms with van der Waals surface area (Å²) in [4.78, 5) is 12.8. The minimum Gasteiger partial charge on any atom is -0.476 e. The van der Waals surface area contributed by atoms with Crippen molar-refractivity contribution in [2.45, 2.75) is 13.0 Å². The van der Waals surface area contributed by atoms with E-state index in [0.717, 1.165) is 5.56 Å². The standard InChI is InChI=1S/C19H17ClN4O4S2/c1-2-30(26,27)24-11-16(28-15-6-4-3-5-14(15)24)17(25)21-19-23-22-18(29-19)12-7-9-13(20)10-8-12/h3-10,16H,2,11H2,1H3,(H,21,23,25)/t16-/m0/s1. The number of sulfonamides is 1. The fourth-order valence-corrected chi connectivity index (χ4v) is 4.93. The molecule has 1 aromatic heterocycles. The summed E-state index contributed by atoms with van der Waals surface area (Å²) in [6, 6.07) is 13.8. The van der Waals surface area contributed by atoms with Gasteiger partial charge in [0.2, 0.25) is 15.2 Å². The van der Waals surface area contributed by atoms with Gasteiger partial charge in [-0.15, -0.1) is 10.2 Å². The second-order valence-corrected chi connectivity index (χ2v) is 10.0. The Morgan fingerprint density at radius 1 is 1.23 bits per heavy atom. The van der Waals surface area contributed by atoms with Crippen molar-refractivity contribution < 1.29 is 17.9 Å². The number of para-hydroxylation sites is 2. The van der Waals surface area contributed by atoms with Gasteiger partial charge >= 0.3 is 0 Å². The largest absolute Gasteiger partial charge is 0.476 e. The van der Waals surface area contributed by atoms with Crippen LogP contribution in [0, 0.1) is 0 Å². The normalized spacial score (nSPS) is 15.9. The van der Waals surface area contributed by atoms with Crippen LogP contribution in [0.5, 0.6) is 5.75 Å². The highest BCUT2D eigenvalue weighted by molar-refractivity contribution is 7.92. The summed E-state index contributed by atoms with van der Waals surface area (Å²) in [5, 5.41) is 12.3. The molecule has 30 heavy (non-hydrogen) atoms. The van der Waals surface area contributed by atoms with E-state index in [0.29, 0.717) is 21.5 Å². The Bertz CT molecular complexity index is 1180. The van der Waals surface area contributed by atoms with E-state index in [-0.39, 0.29) is 17.4 Å². The highest BCUT2D eigenvalue weighted by Gasteiger charge is 2.36. The monoisotopic (exact) mass is 464 g/mol. The quantitative estimate of drug-likeness (QED) is 0.620. The molecule has 0 saturated carbocycles. The number of anilines is 2. The van der Waals surface area contributed by atoms with E-state index in [9.17, 15) is 13.2 Å². The van der Waals surface area contributed by atoms with Gasteiger partial charge in [0.1, 0.15) is 10.8 Å². The number of halogens is 1. The number of carbonyl (C=O) groups is 1. The molecule has 1 aliphatic heterocycles. The number of carbonyl (C=O) groups excluding carboxylic acids is 1. The van der Waals surface area contributed by atoms with Crippen LogP contribution in [0.25, 0.3) is 10.6 Å². The molecule has 0 fully saturated rings. The molecule has 2 aromatic carbocycles. The molecule has 0 bridgehead atoms. The molecular weight excluding hydrogens is 448 g/mol. The van der Waals surface area contributed by atoms with Crippen molar-refractivity contribution in [3.05, 3.63) is 53.6 Å². The van der Waals surface area contributed by atoms with Crippen LogP contribution in [0.2, 0.25) is 5.02 Å². The Morgan fingerprint density at radius 3 is 2.70 bits per heavy atom. The highest BCUT2D eigenvalue weighted by Crippen LogP contribution is 2.35. The van der Waals surface area contributed by atoms with Crippen molar-refractivity contribution in [2.24, 2.45) is 0 Å². The van der Waals surface area contributed by atoms with Gasteiger partial charge in [0.15, 0.2) is 6.10 Å². The number of nitrogens with zero attached hydrogens (tertiary/aromatic N) is 3. The molecule has 3 aromatic rings. The van der Waals surface area contributed by atoms with Gasteiger partial charge in [-0.25, -0.2) is 8.42 Å². The number of hydrogen-bond donors (Lipinski definition) is 1. The van der Waals surface area contributed by atoms with Crippen molar-refractivity contribution in [2.75, 3.05) is 21.9 Å². The zero-order valence-electron chi connectivity index (χ0n) is 15.8. The lowest BCUT2D eigenvalue weighted by Gasteiger charge is -2.34. The number of aromatic nitrogens is 2. The number of amides is 1. The van der Waals surface area contributed by atoms with Gasteiger partial charge in [-0.2, -0.15) is 0 Å². The van der Waals surface area contributed by atoms with Gasteiger partial charge in [-0.05, 0) is 31.2 Å². The van der Waals surface area contributed by atoms with E-state index in [1.54, 1.807) is 43.3 Å². The van der Waals surface area contributed by atoms with Gasteiger partial charge < -0.3 is 4.74 Å². The van der Waals surface area contributed by atoms with Crippen molar-refractivity contribution in [1.82, 2.24) is 10.2 Å². The first-order chi connectivity index (χ1) is 14.4. The summed E-state index contributed by atoms with van der Waals surface area (Å²) in [6.45, 7) is 1.43. The molecule has 8 nitrogen and oxygen atoms in total. The number of benzene rings is 2. The lowest BCUT2D eigenvalue weighted by Crippen LogP contribution is -2.49. The molecule has 11 heteroatoms. The Hall–Kier alpha value is -2.69. The first kappa shape index (κ1) is 20.6. The molecule has 0 radical (unpaired) electrons. The SMILES string of the molecule is CCS(=O)(=O)N1C[C@@H](C(=O)Nc2nnc(-c3ccc(Cl)cc3)s2)Oc2ccccc21. The Kier molecular flexibility index (Phi) is 5.63. The zero-order chi connectivity index (χ0) is 21.3. The summed E-state index contributed by atoms with van der Waals surface area (Å²) in [7, 11) is -3.57. The van der Waals surface area contributed by atoms with Crippen LogP contribution < -0.4 is 14.4 Å². The number of rotatable bonds is 5. The van der Waals surface area contributed by atoms with Crippen LogP contribution in [0.4, 0.5) is 10.8 Å². The third kappa shape index (κ3) is 4.11. The number of fused-ring (bicyclic) bond motifs is 1. The minimum atomic E-state index is -3.57. The fraction of sp³-hybridized carbons (Fsp3) is 0.211. The van der Waals surface area contributed by atoms with Crippen LogP contribution >= 0.6 is 22.9 Å². The van der Waals surface area contributed by atoms with Gasteiger partial charge in [0.25, 0.3) is 5.91 Å². The van der Waals surface area contributed by atoms with Crippen LogP contribution in [-0.4, -0.2) is 42.9 Å². The molecule has 1 aliphatic rings. The summed E-state index contributed by atoms with van der Waals surface area (Å²) < 4.78 is 32.1. The first-order valence-electron chi connectivity index (χ1n) is 9.04. The average molecular weight is 465 g/mol. The number of nitrogens with one attached hydrogen (secondary N) is 1. The average Bonchev–Trinajstić information content (AvgIpc) is 3.21. The molecule has 0 saturated heterocycles. The van der Waals surface area contributed by atoms with Gasteiger partial charge in [-0.3, -0.25) is 14.4 Å². The lowest BCUT2D eigenvalue weighted by molar-refractivity contribution is -0.122. The van der Waals surface area contributed by atoms with Gasteiger partial charge in [0.05, 0.1) is 18.0 Å². The van der Waals surface area contributed by atoms with Crippen molar-refractivity contribution in [3.63, 3.8) is 0 Å². The molecule has 1 atom stereocenters. The van der Waals surface area contributed by atoms with E-state index >= 15 is 0 Å². The van der Waals surface area contributed by atoms with E-state index in [1.165, 1.54) is 15.6 Å². The third-order valence-electron chi connectivity index (χ3n) is 4.47. The minimum absolute atomic E-state index is 0.0868. The fourth-order valence-electron chi connectivity index (χ4n) is 2.93. The maximum Gasteiger partial charge on any atom is 0.269 e. The highest BCUT2D eigenvalue weighted by atomic mass is 35.5. The summed E-state index contributed by atoms with van der Waals surface area (Å²) in [5.74, 6) is -0.254. The molecule has 0 aliphatic carbocycles. The van der Waals surface area contributed by atoms with Crippen LogP contribution in [0.15, 0.2) is 48.5 Å². The predicted molar refractivity (Wildman–Crippen MR) is 117 cm³/mol. The summed E-state index contributed by atoms with van der Waals surface area (Å²) in [6.07, 6.45) is -1.02. The Morgan fingerprint density at radius 2 is 1.97 bits per heavy atom.